The van der Waals surface area contributed by atoms with Crippen LogP contribution >= 0.6 is 0 Å². The van der Waals surface area contributed by atoms with Crippen LogP contribution in [0.3, 0.4) is 0 Å². The molecular weight excluding hydrogens is 332 g/mol. The van der Waals surface area contributed by atoms with Gasteiger partial charge in [0.15, 0.2) is 0 Å². The Labute approximate surface area is 140 Å². The molecule has 2 rings (SSSR count). The van der Waals surface area contributed by atoms with Gasteiger partial charge in [0.25, 0.3) is 10.0 Å². The van der Waals surface area contributed by atoms with E-state index in [1.165, 1.54) is 32.2 Å². The van der Waals surface area contributed by atoms with Crippen LogP contribution in [-0.4, -0.2) is 26.5 Å². The molecule has 2 aromatic carbocycles. The first-order valence-corrected chi connectivity index (χ1v) is 8.52. The van der Waals surface area contributed by atoms with Crippen molar-refractivity contribution < 1.29 is 23.1 Å². The number of rotatable bonds is 6. The maximum Gasteiger partial charge on any atom is 0.262 e. The molecule has 0 fully saturated rings. The first-order chi connectivity index (χ1) is 11.4. The van der Waals surface area contributed by atoms with Crippen molar-refractivity contribution in [1.29, 1.82) is 0 Å². The Kier molecular flexibility index (Phi) is 5.42. The highest BCUT2D eigenvalue weighted by Gasteiger charge is 2.17. The summed E-state index contributed by atoms with van der Waals surface area (Å²) in [6.07, 6.45) is 0. The number of carbonyl (C=O) groups is 1. The standard InChI is InChI=1S/C16H18N2O5S/c1-11(20)17-15-7-6-14(9-16(15)23-2)24(21,22)18-13-5-3-4-12(8-13)10-19/h3-9,18-19H,10H2,1-2H3,(H,17,20). The van der Waals surface area contributed by atoms with E-state index in [9.17, 15) is 13.2 Å². The van der Waals surface area contributed by atoms with Crippen LogP contribution in [0, 0.1) is 0 Å². The van der Waals surface area contributed by atoms with Gasteiger partial charge in [0.05, 0.1) is 24.3 Å². The van der Waals surface area contributed by atoms with Gasteiger partial charge < -0.3 is 15.2 Å². The van der Waals surface area contributed by atoms with E-state index in [2.05, 4.69) is 10.0 Å². The van der Waals surface area contributed by atoms with E-state index in [4.69, 9.17) is 9.84 Å². The van der Waals surface area contributed by atoms with Gasteiger partial charge in [-0.1, -0.05) is 12.1 Å². The van der Waals surface area contributed by atoms with Gasteiger partial charge in [0, 0.05) is 18.7 Å². The second kappa shape index (κ2) is 7.33. The van der Waals surface area contributed by atoms with E-state index in [-0.39, 0.29) is 23.2 Å². The maximum absolute atomic E-state index is 12.5. The quantitative estimate of drug-likeness (QED) is 0.738. The monoisotopic (exact) mass is 350 g/mol. The van der Waals surface area contributed by atoms with Crippen molar-refractivity contribution in [2.75, 3.05) is 17.1 Å². The third-order valence-electron chi connectivity index (χ3n) is 3.16. The average Bonchev–Trinajstić information content (AvgIpc) is 2.54. The van der Waals surface area contributed by atoms with Gasteiger partial charge in [0.2, 0.25) is 5.91 Å². The minimum Gasteiger partial charge on any atom is -0.495 e. The highest BCUT2D eigenvalue weighted by Crippen LogP contribution is 2.28. The maximum atomic E-state index is 12.5. The Bertz CT molecular complexity index is 849. The number of nitrogens with one attached hydrogen (secondary N) is 2. The summed E-state index contributed by atoms with van der Waals surface area (Å²) in [6, 6.07) is 10.6. The Balaban J connectivity index is 2.33. The van der Waals surface area contributed by atoms with Crippen LogP contribution in [0.25, 0.3) is 0 Å². The number of aliphatic hydroxyl groups excluding tert-OH is 1. The predicted octanol–water partition coefficient (Wildman–Crippen LogP) is 1.95. The van der Waals surface area contributed by atoms with Gasteiger partial charge in [-0.15, -0.1) is 0 Å². The van der Waals surface area contributed by atoms with Gasteiger partial charge in [-0.25, -0.2) is 8.42 Å². The normalized spacial score (nSPS) is 11.0. The summed E-state index contributed by atoms with van der Waals surface area (Å²) >= 11 is 0. The molecule has 0 aliphatic rings. The first-order valence-electron chi connectivity index (χ1n) is 7.04. The summed E-state index contributed by atoms with van der Waals surface area (Å²) in [5.41, 5.74) is 1.31. The summed E-state index contributed by atoms with van der Waals surface area (Å²) in [6.45, 7) is 1.16. The van der Waals surface area contributed by atoms with Gasteiger partial charge in [0.1, 0.15) is 5.75 Å². The predicted molar refractivity (Wildman–Crippen MR) is 90.5 cm³/mol. The van der Waals surface area contributed by atoms with Crippen LogP contribution < -0.4 is 14.8 Å². The van der Waals surface area contributed by atoms with Crippen molar-refractivity contribution >= 4 is 27.3 Å². The molecule has 3 N–H and O–H groups in total. The summed E-state index contributed by atoms with van der Waals surface area (Å²) < 4.78 is 32.5. The summed E-state index contributed by atoms with van der Waals surface area (Å²) in [5, 5.41) is 11.7. The molecule has 128 valence electrons. The number of hydrogen-bond donors (Lipinski definition) is 3. The molecular formula is C16H18N2O5S. The van der Waals surface area contributed by atoms with Crippen LogP contribution in [0.15, 0.2) is 47.4 Å². The van der Waals surface area contributed by atoms with E-state index in [0.29, 0.717) is 16.9 Å². The molecule has 0 aliphatic heterocycles. The van der Waals surface area contributed by atoms with Crippen molar-refractivity contribution in [1.82, 2.24) is 0 Å². The molecule has 0 aliphatic carbocycles. The van der Waals surface area contributed by atoms with Crippen LogP contribution in [0.5, 0.6) is 5.75 Å². The second-order valence-corrected chi connectivity index (χ2v) is 6.69. The molecule has 7 nitrogen and oxygen atoms in total. The number of methoxy groups -OCH3 is 1. The van der Waals surface area contributed by atoms with E-state index >= 15 is 0 Å². The number of ether oxygens (including phenoxy) is 1. The minimum atomic E-state index is -3.84. The van der Waals surface area contributed by atoms with Crippen molar-refractivity contribution in [3.8, 4) is 5.75 Å². The first kappa shape index (κ1) is 17.8. The lowest BCUT2D eigenvalue weighted by atomic mass is 10.2. The number of benzene rings is 2. The summed E-state index contributed by atoms with van der Waals surface area (Å²) in [5.74, 6) is -0.0555. The van der Waals surface area contributed by atoms with Crippen LogP contribution in [0.2, 0.25) is 0 Å². The third-order valence-corrected chi connectivity index (χ3v) is 4.53. The average molecular weight is 350 g/mol. The Morgan fingerprint density at radius 2 is 1.96 bits per heavy atom. The lowest BCUT2D eigenvalue weighted by molar-refractivity contribution is -0.114. The highest BCUT2D eigenvalue weighted by molar-refractivity contribution is 7.92. The van der Waals surface area contributed by atoms with Gasteiger partial charge in [-0.3, -0.25) is 9.52 Å². The summed E-state index contributed by atoms with van der Waals surface area (Å²) in [4.78, 5) is 11.1. The molecule has 0 saturated carbocycles. The zero-order chi connectivity index (χ0) is 17.7. The number of hydrogen-bond acceptors (Lipinski definition) is 5. The van der Waals surface area contributed by atoms with Crippen molar-refractivity contribution in [3.63, 3.8) is 0 Å². The Morgan fingerprint density at radius 3 is 2.58 bits per heavy atom. The zero-order valence-corrected chi connectivity index (χ0v) is 14.1. The molecule has 24 heavy (non-hydrogen) atoms. The Hall–Kier alpha value is -2.58. The molecule has 0 saturated heterocycles. The van der Waals surface area contributed by atoms with E-state index in [1.54, 1.807) is 24.3 Å². The number of anilines is 2. The molecule has 0 spiro atoms. The number of amides is 1. The molecule has 0 bridgehead atoms. The lowest BCUT2D eigenvalue weighted by Crippen LogP contribution is -2.14. The zero-order valence-electron chi connectivity index (χ0n) is 13.2. The minimum absolute atomic E-state index is 0.0112. The molecule has 0 heterocycles. The van der Waals surface area contributed by atoms with E-state index < -0.39 is 10.0 Å². The summed E-state index contributed by atoms with van der Waals surface area (Å²) in [7, 11) is -2.46. The molecule has 0 unspecified atom stereocenters. The largest absolute Gasteiger partial charge is 0.495 e. The SMILES string of the molecule is COc1cc(S(=O)(=O)Nc2cccc(CO)c2)ccc1NC(C)=O. The van der Waals surface area contributed by atoms with Gasteiger partial charge in [-0.2, -0.15) is 0 Å². The van der Waals surface area contributed by atoms with Gasteiger partial charge >= 0.3 is 0 Å². The van der Waals surface area contributed by atoms with E-state index in [0.717, 1.165) is 0 Å². The highest BCUT2D eigenvalue weighted by atomic mass is 32.2. The fourth-order valence-electron chi connectivity index (χ4n) is 2.08. The van der Waals surface area contributed by atoms with Gasteiger partial charge in [-0.05, 0) is 29.8 Å². The molecule has 0 radical (unpaired) electrons. The number of sulfonamides is 1. The second-order valence-electron chi connectivity index (χ2n) is 5.01. The fourth-order valence-corrected chi connectivity index (χ4v) is 3.14. The molecule has 8 heteroatoms. The lowest BCUT2D eigenvalue weighted by Gasteiger charge is -2.13. The van der Waals surface area contributed by atoms with Crippen LogP contribution in [0.1, 0.15) is 12.5 Å². The van der Waals surface area contributed by atoms with Crippen molar-refractivity contribution in [2.45, 2.75) is 18.4 Å². The molecule has 0 atom stereocenters. The number of aliphatic hydroxyl groups is 1. The van der Waals surface area contributed by atoms with Crippen molar-refractivity contribution in [2.24, 2.45) is 0 Å². The third kappa shape index (κ3) is 4.24. The smallest absolute Gasteiger partial charge is 0.262 e. The van der Waals surface area contributed by atoms with Crippen LogP contribution in [-0.2, 0) is 21.4 Å². The molecule has 2 aromatic rings. The Morgan fingerprint density at radius 1 is 1.21 bits per heavy atom. The topological polar surface area (TPSA) is 105 Å². The fraction of sp³-hybridized carbons (Fsp3) is 0.188. The van der Waals surface area contributed by atoms with Crippen LogP contribution in [0.4, 0.5) is 11.4 Å². The molecule has 1 amide bonds. The number of carbonyl (C=O) groups excluding carboxylic acids is 1. The van der Waals surface area contributed by atoms with Crippen molar-refractivity contribution in [3.05, 3.63) is 48.0 Å². The molecule has 0 aromatic heterocycles. The van der Waals surface area contributed by atoms with E-state index in [1.807, 2.05) is 0 Å².